The van der Waals surface area contributed by atoms with E-state index in [0.29, 0.717) is 31.1 Å². The Hall–Kier alpha value is -3.84. The summed E-state index contributed by atoms with van der Waals surface area (Å²) in [7, 11) is 0. The van der Waals surface area contributed by atoms with Gasteiger partial charge in [-0.2, -0.15) is 0 Å². The Morgan fingerprint density at radius 2 is 1.65 bits per heavy atom. The van der Waals surface area contributed by atoms with E-state index in [0.717, 1.165) is 17.0 Å². The zero-order chi connectivity index (χ0) is 24.2. The van der Waals surface area contributed by atoms with E-state index in [1.807, 2.05) is 68.4 Å². The highest BCUT2D eigenvalue weighted by Gasteiger charge is 2.12. The van der Waals surface area contributed by atoms with Gasteiger partial charge in [0.2, 0.25) is 5.91 Å². The summed E-state index contributed by atoms with van der Waals surface area (Å²) in [5, 5.41) is 8.88. The van der Waals surface area contributed by atoms with Crippen molar-refractivity contribution < 1.29 is 19.1 Å². The number of anilines is 2. The van der Waals surface area contributed by atoms with Gasteiger partial charge in [0, 0.05) is 23.5 Å². The minimum absolute atomic E-state index is 0.0893. The van der Waals surface area contributed by atoms with E-state index < -0.39 is 0 Å². The Morgan fingerprint density at radius 3 is 2.38 bits per heavy atom. The van der Waals surface area contributed by atoms with Crippen molar-refractivity contribution in [3.63, 3.8) is 0 Å². The number of nitrogens with one attached hydrogen (secondary N) is 3. The summed E-state index contributed by atoms with van der Waals surface area (Å²) in [4.78, 5) is 25.0. The maximum absolute atomic E-state index is 12.6. The van der Waals surface area contributed by atoms with E-state index in [9.17, 15) is 9.59 Å². The van der Waals surface area contributed by atoms with E-state index in [1.165, 1.54) is 0 Å². The van der Waals surface area contributed by atoms with Gasteiger partial charge in [-0.25, -0.2) is 0 Å². The first-order valence-corrected chi connectivity index (χ1v) is 11.4. The quantitative estimate of drug-likeness (QED) is 0.342. The van der Waals surface area contributed by atoms with Crippen molar-refractivity contribution in [1.29, 1.82) is 0 Å². The van der Waals surface area contributed by atoms with E-state index >= 15 is 0 Å². The molecule has 3 aromatic rings. The smallest absolute Gasteiger partial charge is 0.251 e. The summed E-state index contributed by atoms with van der Waals surface area (Å²) >= 11 is 0. The lowest BCUT2D eigenvalue weighted by Gasteiger charge is -2.15. The van der Waals surface area contributed by atoms with Crippen molar-refractivity contribution in [3.8, 4) is 5.75 Å². The second-order valence-electron chi connectivity index (χ2n) is 7.66. The zero-order valence-electron chi connectivity index (χ0n) is 19.5. The average Bonchev–Trinajstić information content (AvgIpc) is 2.87. The molecule has 0 heterocycles. The van der Waals surface area contributed by atoms with Gasteiger partial charge in [0.1, 0.15) is 12.4 Å². The lowest BCUT2D eigenvalue weighted by atomic mass is 10.1. The number of hydrogen-bond acceptors (Lipinski definition) is 5. The lowest BCUT2D eigenvalue weighted by molar-refractivity contribution is -0.114. The topological polar surface area (TPSA) is 88.7 Å². The van der Waals surface area contributed by atoms with E-state index in [1.54, 1.807) is 24.3 Å². The predicted octanol–water partition coefficient (Wildman–Crippen LogP) is 4.64. The van der Waals surface area contributed by atoms with Gasteiger partial charge in [-0.15, -0.1) is 0 Å². The third-order valence-corrected chi connectivity index (χ3v) is 5.06. The summed E-state index contributed by atoms with van der Waals surface area (Å²) in [5.74, 6) is 0.327. The molecule has 3 rings (SSSR count). The Morgan fingerprint density at radius 1 is 0.882 bits per heavy atom. The summed E-state index contributed by atoms with van der Waals surface area (Å²) in [6.07, 6.45) is 0. The third-order valence-electron chi connectivity index (χ3n) is 5.06. The number of carbonyl (C=O) groups is 2. The van der Waals surface area contributed by atoms with E-state index in [2.05, 4.69) is 16.0 Å². The monoisotopic (exact) mass is 461 g/mol. The number of rotatable bonds is 12. The minimum atomic E-state index is -0.216. The maximum Gasteiger partial charge on any atom is 0.251 e. The van der Waals surface area contributed by atoms with Crippen LogP contribution in [0.3, 0.4) is 0 Å². The van der Waals surface area contributed by atoms with Crippen LogP contribution in [0.5, 0.6) is 5.75 Å². The normalized spacial score (nSPS) is 11.4. The summed E-state index contributed by atoms with van der Waals surface area (Å²) in [5.41, 5.74) is 2.87. The molecule has 0 aromatic heterocycles. The van der Waals surface area contributed by atoms with Gasteiger partial charge < -0.3 is 25.4 Å². The van der Waals surface area contributed by atoms with Crippen molar-refractivity contribution in [2.45, 2.75) is 19.9 Å². The lowest BCUT2D eigenvalue weighted by Crippen LogP contribution is -2.27. The molecule has 1 unspecified atom stereocenters. The number of hydrogen-bond donors (Lipinski definition) is 3. The summed E-state index contributed by atoms with van der Waals surface area (Å²) in [6, 6.07) is 23.9. The van der Waals surface area contributed by atoms with Crippen LogP contribution in [0.15, 0.2) is 78.9 Å². The standard InChI is InChI=1S/C27H31N3O4/c1-3-33-16-17-34-25-14-12-23(13-15-25)28-19-26(31)30-24-11-7-10-22(18-24)27(32)29-20(2)21-8-5-4-6-9-21/h4-15,18,20,28H,3,16-17,19H2,1-2H3,(H,29,32)(H,30,31). The van der Waals surface area contributed by atoms with Crippen molar-refractivity contribution in [3.05, 3.63) is 90.0 Å². The number of ether oxygens (including phenoxy) is 2. The van der Waals surface area contributed by atoms with Crippen LogP contribution in [0.2, 0.25) is 0 Å². The largest absolute Gasteiger partial charge is 0.491 e. The molecular weight excluding hydrogens is 430 g/mol. The molecule has 7 nitrogen and oxygen atoms in total. The zero-order valence-corrected chi connectivity index (χ0v) is 19.5. The molecule has 3 N–H and O–H groups in total. The Labute approximate surface area is 200 Å². The van der Waals surface area contributed by atoms with Crippen LogP contribution in [0, 0.1) is 0 Å². The second kappa shape index (κ2) is 13.0. The van der Waals surface area contributed by atoms with Gasteiger partial charge in [0.25, 0.3) is 5.91 Å². The molecule has 178 valence electrons. The van der Waals surface area contributed by atoms with Crippen molar-refractivity contribution >= 4 is 23.2 Å². The predicted molar refractivity (Wildman–Crippen MR) is 134 cm³/mol. The fourth-order valence-electron chi connectivity index (χ4n) is 3.26. The summed E-state index contributed by atoms with van der Waals surface area (Å²) < 4.78 is 10.8. The van der Waals surface area contributed by atoms with Gasteiger partial charge in [0.05, 0.1) is 19.2 Å². The van der Waals surface area contributed by atoms with Crippen LogP contribution in [0.4, 0.5) is 11.4 Å². The molecule has 34 heavy (non-hydrogen) atoms. The summed E-state index contributed by atoms with van der Waals surface area (Å²) in [6.45, 7) is 5.67. The van der Waals surface area contributed by atoms with Crippen molar-refractivity contribution in [2.75, 3.05) is 37.0 Å². The fourth-order valence-corrected chi connectivity index (χ4v) is 3.26. The van der Waals surface area contributed by atoms with E-state index in [-0.39, 0.29) is 24.4 Å². The fraction of sp³-hybridized carbons (Fsp3) is 0.259. The molecule has 1 atom stereocenters. The molecule has 0 fully saturated rings. The highest BCUT2D eigenvalue weighted by Crippen LogP contribution is 2.17. The van der Waals surface area contributed by atoms with E-state index in [4.69, 9.17) is 9.47 Å². The highest BCUT2D eigenvalue weighted by molar-refractivity contribution is 5.98. The second-order valence-corrected chi connectivity index (χ2v) is 7.66. The SMILES string of the molecule is CCOCCOc1ccc(NCC(=O)Nc2cccc(C(=O)NC(C)c3ccccc3)c2)cc1. The molecule has 0 aliphatic carbocycles. The third kappa shape index (κ3) is 7.94. The molecule has 0 spiro atoms. The Balaban J connectivity index is 1.47. The molecule has 7 heteroatoms. The van der Waals surface area contributed by atoms with Gasteiger partial charge in [-0.05, 0) is 61.9 Å². The number of benzene rings is 3. The van der Waals surface area contributed by atoms with Crippen LogP contribution in [-0.4, -0.2) is 38.2 Å². The van der Waals surface area contributed by atoms with Gasteiger partial charge in [0.15, 0.2) is 0 Å². The molecule has 0 saturated carbocycles. The first-order chi connectivity index (χ1) is 16.5. The molecule has 2 amide bonds. The van der Waals surface area contributed by atoms with Crippen LogP contribution in [-0.2, 0) is 9.53 Å². The van der Waals surface area contributed by atoms with Crippen LogP contribution in [0.1, 0.15) is 35.8 Å². The number of carbonyl (C=O) groups excluding carboxylic acids is 2. The maximum atomic E-state index is 12.6. The molecule has 0 radical (unpaired) electrons. The molecule has 0 bridgehead atoms. The van der Waals surface area contributed by atoms with Crippen molar-refractivity contribution in [2.24, 2.45) is 0 Å². The van der Waals surface area contributed by atoms with Crippen LogP contribution >= 0.6 is 0 Å². The first kappa shape index (κ1) is 24.8. The average molecular weight is 462 g/mol. The molecular formula is C27H31N3O4. The number of amides is 2. The van der Waals surface area contributed by atoms with Crippen LogP contribution < -0.4 is 20.7 Å². The Bertz CT molecular complexity index is 1050. The molecule has 3 aromatic carbocycles. The first-order valence-electron chi connectivity index (χ1n) is 11.4. The molecule has 0 aliphatic heterocycles. The van der Waals surface area contributed by atoms with Crippen LogP contribution in [0.25, 0.3) is 0 Å². The molecule has 0 saturated heterocycles. The molecule has 0 aliphatic rings. The van der Waals surface area contributed by atoms with Gasteiger partial charge >= 0.3 is 0 Å². The van der Waals surface area contributed by atoms with Gasteiger partial charge in [-0.3, -0.25) is 9.59 Å². The van der Waals surface area contributed by atoms with Crippen molar-refractivity contribution in [1.82, 2.24) is 5.32 Å². The Kier molecular flexibility index (Phi) is 9.49. The van der Waals surface area contributed by atoms with Gasteiger partial charge in [-0.1, -0.05) is 36.4 Å². The highest BCUT2D eigenvalue weighted by atomic mass is 16.5. The minimum Gasteiger partial charge on any atom is -0.491 e.